The van der Waals surface area contributed by atoms with Crippen molar-refractivity contribution < 1.29 is 62.9 Å². The lowest BCUT2D eigenvalue weighted by atomic mass is 9.54. The molecule has 12 N–H and O–H groups in total. The molecule has 0 radical (unpaired) electrons. The first-order chi connectivity index (χ1) is 52.8. The van der Waals surface area contributed by atoms with Crippen molar-refractivity contribution in [2.75, 3.05) is 37.1 Å². The summed E-state index contributed by atoms with van der Waals surface area (Å²) < 4.78 is 11.3. The van der Waals surface area contributed by atoms with Crippen LogP contribution in [0.25, 0.3) is 0 Å². The van der Waals surface area contributed by atoms with E-state index in [2.05, 4.69) is 73.4 Å². The molecular formula is C88H128N10O13S2. The second-order valence-corrected chi connectivity index (χ2v) is 38.4. The summed E-state index contributed by atoms with van der Waals surface area (Å²) in [6.07, 6.45) is 14.6. The first-order valence-electron chi connectivity index (χ1n) is 40.5. The molecule has 12 rings (SSSR count). The standard InChI is InChI=1S/2C44H63N5O6S.H2O/c2*1-43(2,3)33-15-13-28(14-16-33)24-34(45)41(53)49(42(54)55-44(4,5)6)36(17-18-56-7)40(52)46-26-37(50)47-35(25-27-11-9-8-10-12-27)39(51)48-38-31-20-29-19-30(22-31)23-32(38)21-29;/h2*8-16,29-32,34-36,38H,17-26,45H2,1-7H3,(H,46,52)(H,47,50)(H,48,51);1H2/t2*29?,30?,31?,32?,34-,35-,36+,38?;/m00./s1. The van der Waals surface area contributed by atoms with E-state index in [0.29, 0.717) is 35.2 Å². The van der Waals surface area contributed by atoms with Gasteiger partial charge in [0.15, 0.2) is 0 Å². The average molecular weight is 1600 g/mol. The lowest BCUT2D eigenvalue weighted by molar-refractivity contribution is -0.141. The van der Waals surface area contributed by atoms with Crippen LogP contribution in [0.4, 0.5) is 9.59 Å². The van der Waals surface area contributed by atoms with Gasteiger partial charge in [-0.1, -0.05) is 151 Å². The van der Waals surface area contributed by atoms with E-state index in [0.717, 1.165) is 118 Å². The molecule has 8 fully saturated rings. The Morgan fingerprint density at radius 3 is 0.982 bits per heavy atom. The minimum absolute atomic E-state index is 0. The minimum atomic E-state index is -1.30. The molecule has 23 nitrogen and oxygen atoms in total. The molecule has 0 spiro atoms. The van der Waals surface area contributed by atoms with E-state index in [1.54, 1.807) is 41.5 Å². The number of carbonyl (C=O) groups excluding carboxylic acids is 10. The summed E-state index contributed by atoms with van der Waals surface area (Å²) in [5.41, 5.74) is 16.6. The van der Waals surface area contributed by atoms with Crippen LogP contribution in [0.15, 0.2) is 109 Å². The molecule has 4 aromatic carbocycles. The van der Waals surface area contributed by atoms with Gasteiger partial charge in [-0.3, -0.25) is 38.4 Å². The molecule has 0 aromatic heterocycles. The van der Waals surface area contributed by atoms with E-state index in [9.17, 15) is 47.9 Å². The number of hydrogen-bond donors (Lipinski definition) is 8. The van der Waals surface area contributed by atoms with Gasteiger partial charge in [0.25, 0.3) is 0 Å². The number of carbonyl (C=O) groups is 10. The topological polar surface area (TPSA) is 351 Å². The van der Waals surface area contributed by atoms with Crippen molar-refractivity contribution in [1.82, 2.24) is 41.7 Å². The summed E-state index contributed by atoms with van der Waals surface area (Å²) >= 11 is 2.90. The maximum Gasteiger partial charge on any atom is 0.417 e. The predicted molar refractivity (Wildman–Crippen MR) is 445 cm³/mol. The van der Waals surface area contributed by atoms with Gasteiger partial charge in [0.1, 0.15) is 35.4 Å². The highest BCUT2D eigenvalue weighted by Crippen LogP contribution is 2.55. The number of nitrogens with two attached hydrogens (primary N) is 2. The SMILES string of the molecule is CSCC[C@H](C(=O)NCC(=O)N[C@@H](Cc1ccccc1)C(=O)NC1C2CC3CC(C2)CC1C3)N(C(=O)OC(C)(C)C)C(=O)[C@@H](N)Cc1ccc(C(C)(C)C)cc1.CSCC[C@H](C(=O)NCC(=O)N[C@@H](Cc1ccccc1)C(=O)NC1C2CC3CC(C2)CC1C3)N(C(=O)OC(C)(C)C)C(=O)[C@@H](N)Cc1ccc(C(C)(C)C)cc1.O. The molecule has 0 unspecified atom stereocenters. The third-order valence-electron chi connectivity index (χ3n) is 23.0. The summed E-state index contributed by atoms with van der Waals surface area (Å²) in [6.45, 7) is 21.8. The number of nitrogens with one attached hydrogen (secondary N) is 6. The first kappa shape index (κ1) is 90.7. The Bertz CT molecular complexity index is 3570. The Hall–Kier alpha value is -7.84. The molecule has 0 heterocycles. The van der Waals surface area contributed by atoms with E-state index in [4.69, 9.17) is 20.9 Å². The van der Waals surface area contributed by atoms with Crippen molar-refractivity contribution in [2.45, 2.75) is 256 Å². The Morgan fingerprint density at radius 2 is 0.708 bits per heavy atom. The van der Waals surface area contributed by atoms with Gasteiger partial charge in [-0.05, 0) is 247 Å². The number of thioether (sulfide) groups is 2. The Balaban J connectivity index is 0.000000281. The molecule has 25 heteroatoms. The van der Waals surface area contributed by atoms with Crippen LogP contribution in [-0.4, -0.2) is 171 Å². The third-order valence-corrected chi connectivity index (χ3v) is 24.3. The van der Waals surface area contributed by atoms with Crippen molar-refractivity contribution in [3.8, 4) is 0 Å². The van der Waals surface area contributed by atoms with E-state index in [1.807, 2.05) is 122 Å². The second kappa shape index (κ2) is 40.1. The molecule has 8 saturated carbocycles. The summed E-state index contributed by atoms with van der Waals surface area (Å²) in [4.78, 5) is 140. The molecule has 10 amide bonds. The van der Waals surface area contributed by atoms with Crippen LogP contribution in [0.5, 0.6) is 0 Å². The fourth-order valence-electron chi connectivity index (χ4n) is 17.9. The van der Waals surface area contributed by atoms with E-state index in [-0.39, 0.29) is 78.7 Å². The highest BCUT2D eigenvalue weighted by atomic mass is 32.2. The molecule has 0 aliphatic heterocycles. The van der Waals surface area contributed by atoms with Crippen molar-refractivity contribution in [3.63, 3.8) is 0 Å². The zero-order valence-electron chi connectivity index (χ0n) is 69.0. The van der Waals surface area contributed by atoms with Crippen LogP contribution in [0.2, 0.25) is 0 Å². The predicted octanol–water partition coefficient (Wildman–Crippen LogP) is 10.2. The first-order valence-corrected chi connectivity index (χ1v) is 43.2. The lowest BCUT2D eigenvalue weighted by Gasteiger charge is -2.54. The molecule has 6 atom stereocenters. The Kier molecular flexibility index (Phi) is 32.2. The smallest absolute Gasteiger partial charge is 0.417 e. The van der Waals surface area contributed by atoms with Gasteiger partial charge in [0.2, 0.25) is 47.3 Å². The van der Waals surface area contributed by atoms with Gasteiger partial charge >= 0.3 is 12.2 Å². The fraction of sp³-hybridized carbons (Fsp3) is 0.614. The quantitative estimate of drug-likeness (QED) is 0.0240. The number of benzene rings is 4. The van der Waals surface area contributed by atoms with Gasteiger partial charge in [-0.25, -0.2) is 19.4 Å². The van der Waals surface area contributed by atoms with E-state index in [1.165, 1.54) is 36.4 Å². The highest BCUT2D eigenvalue weighted by molar-refractivity contribution is 7.98. The fourth-order valence-corrected chi connectivity index (χ4v) is 18.8. The Labute approximate surface area is 678 Å². The summed E-state index contributed by atoms with van der Waals surface area (Å²) in [7, 11) is 0. The molecular weight excluding hydrogens is 1470 g/mol. The van der Waals surface area contributed by atoms with Gasteiger partial charge in [0, 0.05) is 24.9 Å². The van der Waals surface area contributed by atoms with Crippen molar-refractivity contribution in [1.29, 1.82) is 0 Å². The Morgan fingerprint density at radius 1 is 0.416 bits per heavy atom. The van der Waals surface area contributed by atoms with Crippen LogP contribution in [0, 0.1) is 47.3 Å². The summed E-state index contributed by atoms with van der Waals surface area (Å²) in [6, 6.07) is 28.3. The molecule has 620 valence electrons. The number of hydrogen-bond acceptors (Lipinski definition) is 16. The average Bonchev–Trinajstić information content (AvgIpc) is 0.763. The van der Waals surface area contributed by atoms with Crippen LogP contribution < -0.4 is 43.4 Å². The van der Waals surface area contributed by atoms with Gasteiger partial charge in [-0.2, -0.15) is 23.5 Å². The normalized spacial score (nSPS) is 22.8. The number of rotatable bonds is 30. The highest BCUT2D eigenvalue weighted by Gasteiger charge is 2.51. The number of imide groups is 2. The molecule has 8 aliphatic rings. The maximum absolute atomic E-state index is 14.1. The second-order valence-electron chi connectivity index (χ2n) is 36.5. The third kappa shape index (κ3) is 26.1. The van der Waals surface area contributed by atoms with Crippen LogP contribution in [0.3, 0.4) is 0 Å². The molecule has 8 bridgehead atoms. The van der Waals surface area contributed by atoms with Crippen LogP contribution in [-0.2, 0) is 84.3 Å². The zero-order valence-corrected chi connectivity index (χ0v) is 70.7. The van der Waals surface area contributed by atoms with Gasteiger partial charge in [-0.15, -0.1) is 0 Å². The largest absolute Gasteiger partial charge is 0.443 e. The molecule has 0 saturated heterocycles. The van der Waals surface area contributed by atoms with E-state index < -0.39 is 108 Å². The number of ether oxygens (including phenoxy) is 2. The minimum Gasteiger partial charge on any atom is -0.443 e. The van der Waals surface area contributed by atoms with Crippen molar-refractivity contribution in [2.24, 2.45) is 58.8 Å². The van der Waals surface area contributed by atoms with Crippen molar-refractivity contribution in [3.05, 3.63) is 143 Å². The van der Waals surface area contributed by atoms with Gasteiger partial charge < -0.3 is 58.3 Å². The van der Waals surface area contributed by atoms with Crippen LogP contribution >= 0.6 is 23.5 Å². The molecule has 8 aliphatic carbocycles. The molecule has 4 aromatic rings. The monoisotopic (exact) mass is 1600 g/mol. The summed E-state index contributed by atoms with van der Waals surface area (Å²) in [5, 5.41) is 17.7. The number of amides is 10. The number of nitrogens with zero attached hydrogens (tertiary/aromatic N) is 2. The zero-order chi connectivity index (χ0) is 81.6. The van der Waals surface area contributed by atoms with Crippen LogP contribution in [0.1, 0.15) is 194 Å². The maximum atomic E-state index is 14.1. The van der Waals surface area contributed by atoms with Gasteiger partial charge in [0.05, 0.1) is 25.2 Å². The molecule has 113 heavy (non-hydrogen) atoms. The lowest BCUT2D eigenvalue weighted by Crippen LogP contribution is -2.60. The van der Waals surface area contributed by atoms with E-state index >= 15 is 0 Å². The van der Waals surface area contributed by atoms with Crippen molar-refractivity contribution >= 4 is 83.0 Å². The summed E-state index contributed by atoms with van der Waals surface area (Å²) in [5.74, 6) is 1.30.